The summed E-state index contributed by atoms with van der Waals surface area (Å²) in [5.74, 6) is 1.39. The lowest BCUT2D eigenvalue weighted by Gasteiger charge is -2.16. The molecule has 1 heterocycles. The predicted molar refractivity (Wildman–Crippen MR) is 102 cm³/mol. The van der Waals surface area contributed by atoms with Crippen LogP contribution in [-0.4, -0.2) is 38.6 Å². The maximum absolute atomic E-state index is 12.2. The molecule has 2 rings (SSSR count). The van der Waals surface area contributed by atoms with E-state index in [1.165, 1.54) is 0 Å². The van der Waals surface area contributed by atoms with Gasteiger partial charge in [-0.05, 0) is 58.3 Å². The Kier molecular flexibility index (Phi) is 6.87. The van der Waals surface area contributed by atoms with E-state index in [4.69, 9.17) is 9.47 Å². The average Bonchev–Trinajstić information content (AvgIpc) is 3.02. The Morgan fingerprint density at radius 2 is 1.96 bits per heavy atom. The second kappa shape index (κ2) is 8.89. The van der Waals surface area contributed by atoms with E-state index in [1.54, 1.807) is 43.6 Å². The van der Waals surface area contributed by atoms with E-state index in [1.807, 2.05) is 36.4 Å². The number of nitrogens with zero attached hydrogens (tertiary/aromatic N) is 1. The number of carbonyl (C=O) groups is 1. The quantitative estimate of drug-likeness (QED) is 0.641. The molecule has 0 N–H and O–H groups in total. The van der Waals surface area contributed by atoms with Crippen molar-refractivity contribution in [3.8, 4) is 11.5 Å². The molecule has 1 amide bonds. The van der Waals surface area contributed by atoms with Gasteiger partial charge in [0, 0.05) is 24.5 Å². The monoisotopic (exact) mass is 409 g/mol. The van der Waals surface area contributed by atoms with Crippen molar-refractivity contribution in [1.82, 2.24) is 4.90 Å². The summed E-state index contributed by atoms with van der Waals surface area (Å²) in [6, 6.07) is 9.75. The fourth-order valence-corrected chi connectivity index (χ4v) is 3.47. The van der Waals surface area contributed by atoms with Gasteiger partial charge in [-0.3, -0.25) is 4.79 Å². The zero-order valence-electron chi connectivity index (χ0n) is 13.9. The molecule has 0 aliphatic heterocycles. The lowest BCUT2D eigenvalue weighted by atomic mass is 10.1. The molecule has 0 saturated carbocycles. The van der Waals surface area contributed by atoms with Gasteiger partial charge in [0.15, 0.2) is 11.5 Å². The van der Waals surface area contributed by atoms with Crippen LogP contribution in [0, 0.1) is 0 Å². The second-order valence-corrected chi connectivity index (χ2v) is 7.67. The van der Waals surface area contributed by atoms with Crippen LogP contribution in [0.4, 0.5) is 0 Å². The van der Waals surface area contributed by atoms with Crippen LogP contribution in [0.2, 0.25) is 0 Å². The number of hydrogen-bond acceptors (Lipinski definition) is 4. The fourth-order valence-electron chi connectivity index (χ4n) is 2.14. The van der Waals surface area contributed by atoms with Crippen molar-refractivity contribution in [1.29, 1.82) is 0 Å². The number of carbonyl (C=O) groups excluding carboxylic acids is 1. The summed E-state index contributed by atoms with van der Waals surface area (Å²) in [5.41, 5.74) is 1.10. The van der Waals surface area contributed by atoms with Crippen LogP contribution in [0.5, 0.6) is 11.5 Å². The van der Waals surface area contributed by atoms with Gasteiger partial charge in [0.05, 0.1) is 18.0 Å². The van der Waals surface area contributed by atoms with Gasteiger partial charge in [0.25, 0.3) is 0 Å². The van der Waals surface area contributed by atoms with Crippen molar-refractivity contribution in [2.24, 2.45) is 0 Å². The number of amides is 1. The Labute approximate surface area is 154 Å². The van der Waals surface area contributed by atoms with Crippen molar-refractivity contribution in [2.75, 3.05) is 27.8 Å². The molecule has 0 saturated heterocycles. The number of thiophene rings is 1. The van der Waals surface area contributed by atoms with Gasteiger partial charge in [0.1, 0.15) is 0 Å². The third-order valence-corrected chi connectivity index (χ3v) is 5.13. The topological polar surface area (TPSA) is 38.8 Å². The number of benzene rings is 1. The first-order valence-corrected chi connectivity index (χ1v) is 9.04. The van der Waals surface area contributed by atoms with Crippen molar-refractivity contribution < 1.29 is 14.3 Å². The smallest absolute Gasteiger partial charge is 0.246 e. The number of halogens is 1. The minimum Gasteiger partial charge on any atom is -0.493 e. The third-order valence-electron chi connectivity index (χ3n) is 3.54. The SMILES string of the molecule is COc1ccc(CCN(C)C(=O)/C=C/c2ccc(Br)s2)cc1OC. The molecule has 1 aromatic heterocycles. The Balaban J connectivity index is 1.91. The maximum atomic E-state index is 12.2. The summed E-state index contributed by atoms with van der Waals surface area (Å²) in [7, 11) is 5.03. The zero-order chi connectivity index (χ0) is 17.5. The van der Waals surface area contributed by atoms with Crippen LogP contribution in [0.1, 0.15) is 10.4 Å². The van der Waals surface area contributed by atoms with E-state index >= 15 is 0 Å². The number of methoxy groups -OCH3 is 2. The fraction of sp³-hybridized carbons (Fsp3) is 0.278. The molecule has 0 spiro atoms. The molecular weight excluding hydrogens is 390 g/mol. The lowest BCUT2D eigenvalue weighted by molar-refractivity contribution is -0.124. The summed E-state index contributed by atoms with van der Waals surface area (Å²) in [4.78, 5) is 14.9. The van der Waals surface area contributed by atoms with Gasteiger partial charge in [-0.2, -0.15) is 0 Å². The lowest BCUT2D eigenvalue weighted by Crippen LogP contribution is -2.27. The normalized spacial score (nSPS) is 10.8. The van der Waals surface area contributed by atoms with Gasteiger partial charge in [-0.15, -0.1) is 11.3 Å². The van der Waals surface area contributed by atoms with Crippen molar-refractivity contribution in [3.63, 3.8) is 0 Å². The van der Waals surface area contributed by atoms with E-state index in [2.05, 4.69) is 15.9 Å². The molecule has 0 unspecified atom stereocenters. The van der Waals surface area contributed by atoms with Gasteiger partial charge in [-0.25, -0.2) is 0 Å². The predicted octanol–water partition coefficient (Wildman–Crippen LogP) is 4.24. The molecular formula is C18H20BrNO3S. The number of likely N-dealkylation sites (N-methyl/N-ethyl adjacent to an activating group) is 1. The van der Waals surface area contributed by atoms with Gasteiger partial charge >= 0.3 is 0 Å². The molecule has 0 bridgehead atoms. The van der Waals surface area contributed by atoms with Gasteiger partial charge in [0.2, 0.25) is 5.91 Å². The first-order chi connectivity index (χ1) is 11.5. The van der Waals surface area contributed by atoms with Crippen LogP contribution in [0.25, 0.3) is 6.08 Å². The molecule has 0 fully saturated rings. The zero-order valence-corrected chi connectivity index (χ0v) is 16.3. The Morgan fingerprint density at radius 3 is 2.58 bits per heavy atom. The van der Waals surface area contributed by atoms with E-state index in [-0.39, 0.29) is 5.91 Å². The molecule has 128 valence electrons. The van der Waals surface area contributed by atoms with Crippen LogP contribution >= 0.6 is 27.3 Å². The van der Waals surface area contributed by atoms with Crippen molar-refractivity contribution in [2.45, 2.75) is 6.42 Å². The number of ether oxygens (including phenoxy) is 2. The van der Waals surface area contributed by atoms with E-state index in [0.717, 1.165) is 20.6 Å². The van der Waals surface area contributed by atoms with E-state index in [9.17, 15) is 4.79 Å². The van der Waals surface area contributed by atoms with Crippen LogP contribution in [0.15, 0.2) is 40.2 Å². The molecule has 1 aromatic carbocycles. The van der Waals surface area contributed by atoms with Gasteiger partial charge in [-0.1, -0.05) is 6.07 Å². The van der Waals surface area contributed by atoms with Crippen LogP contribution in [0.3, 0.4) is 0 Å². The first kappa shape index (κ1) is 18.5. The Morgan fingerprint density at radius 1 is 1.21 bits per heavy atom. The van der Waals surface area contributed by atoms with Crippen LogP contribution in [-0.2, 0) is 11.2 Å². The summed E-state index contributed by atoms with van der Waals surface area (Å²) in [6.45, 7) is 0.632. The molecule has 6 heteroatoms. The molecule has 2 aromatic rings. The summed E-state index contributed by atoms with van der Waals surface area (Å²) in [5, 5.41) is 0. The standard InChI is InChI=1S/C18H20BrNO3S/c1-20(18(21)9-6-14-5-8-17(19)24-14)11-10-13-4-7-15(22-2)16(12-13)23-3/h4-9,12H,10-11H2,1-3H3/b9-6+. The summed E-state index contributed by atoms with van der Waals surface area (Å²) < 4.78 is 11.6. The molecule has 0 aliphatic carbocycles. The maximum Gasteiger partial charge on any atom is 0.246 e. The minimum atomic E-state index is -0.0139. The van der Waals surface area contributed by atoms with Gasteiger partial charge < -0.3 is 14.4 Å². The third kappa shape index (κ3) is 5.11. The molecule has 4 nitrogen and oxygen atoms in total. The first-order valence-electron chi connectivity index (χ1n) is 7.43. The Bertz CT molecular complexity index is 727. The minimum absolute atomic E-state index is 0.0139. The highest BCUT2D eigenvalue weighted by Gasteiger charge is 2.08. The molecule has 24 heavy (non-hydrogen) atoms. The molecule has 0 aliphatic rings. The van der Waals surface area contributed by atoms with Crippen molar-refractivity contribution >= 4 is 39.2 Å². The second-order valence-electron chi connectivity index (χ2n) is 5.17. The number of rotatable bonds is 7. The van der Waals surface area contributed by atoms with E-state index < -0.39 is 0 Å². The van der Waals surface area contributed by atoms with Crippen LogP contribution < -0.4 is 9.47 Å². The largest absolute Gasteiger partial charge is 0.493 e. The highest BCUT2D eigenvalue weighted by molar-refractivity contribution is 9.11. The highest BCUT2D eigenvalue weighted by atomic mass is 79.9. The van der Waals surface area contributed by atoms with Crippen molar-refractivity contribution in [3.05, 3.63) is 50.6 Å². The average molecular weight is 410 g/mol. The summed E-state index contributed by atoms with van der Waals surface area (Å²) >= 11 is 5.00. The summed E-state index contributed by atoms with van der Waals surface area (Å²) in [6.07, 6.45) is 4.19. The van der Waals surface area contributed by atoms with E-state index in [0.29, 0.717) is 18.0 Å². The Hall–Kier alpha value is -1.79. The molecule has 0 radical (unpaired) electrons. The molecule has 0 atom stereocenters. The highest BCUT2D eigenvalue weighted by Crippen LogP contribution is 2.27. The number of hydrogen-bond donors (Lipinski definition) is 0.